The van der Waals surface area contributed by atoms with Gasteiger partial charge in [-0.15, -0.1) is 0 Å². The van der Waals surface area contributed by atoms with Gasteiger partial charge in [0.2, 0.25) is 0 Å². The molecule has 0 bridgehead atoms. The third-order valence-corrected chi connectivity index (χ3v) is 5.64. The number of ether oxygens (including phenoxy) is 1. The molecule has 0 unspecified atom stereocenters. The highest BCUT2D eigenvalue weighted by Gasteiger charge is 2.49. The maximum atomic E-state index is 12.4. The minimum Gasteiger partial charge on any atom is -0.446 e. The van der Waals surface area contributed by atoms with Crippen molar-refractivity contribution < 1.29 is 9.53 Å². The largest absolute Gasteiger partial charge is 0.446 e. The molecule has 2 aliphatic rings. The zero-order valence-corrected chi connectivity index (χ0v) is 13.9. The molecule has 1 saturated heterocycles. The van der Waals surface area contributed by atoms with Crippen molar-refractivity contribution in [3.63, 3.8) is 0 Å². The molecule has 0 radical (unpaired) electrons. The molecule has 3 aromatic carbocycles. The van der Waals surface area contributed by atoms with Gasteiger partial charge < -0.3 is 4.74 Å². The van der Waals surface area contributed by atoms with E-state index in [1.807, 2.05) is 23.1 Å². The predicted molar refractivity (Wildman–Crippen MR) is 97.5 cm³/mol. The summed E-state index contributed by atoms with van der Waals surface area (Å²) in [5.74, 6) is 0. The minimum absolute atomic E-state index is 0.193. The van der Waals surface area contributed by atoms with Crippen LogP contribution < -0.4 is 0 Å². The summed E-state index contributed by atoms with van der Waals surface area (Å²) in [7, 11) is 0. The van der Waals surface area contributed by atoms with Crippen LogP contribution in [0.3, 0.4) is 0 Å². The van der Waals surface area contributed by atoms with Gasteiger partial charge in [0.15, 0.2) is 0 Å². The molecule has 3 aromatic rings. The summed E-state index contributed by atoms with van der Waals surface area (Å²) >= 11 is 0. The van der Waals surface area contributed by atoms with E-state index in [9.17, 15) is 4.79 Å². The van der Waals surface area contributed by atoms with Gasteiger partial charge >= 0.3 is 6.09 Å². The maximum absolute atomic E-state index is 12.4. The van der Waals surface area contributed by atoms with Crippen LogP contribution in [0.2, 0.25) is 0 Å². The second kappa shape index (κ2) is 5.35. The van der Waals surface area contributed by atoms with Crippen LogP contribution in [-0.4, -0.2) is 24.1 Å². The molecule has 0 aliphatic carbocycles. The van der Waals surface area contributed by atoms with Crippen molar-refractivity contribution in [2.75, 3.05) is 13.2 Å². The molecular formula is C22H19NO2. The number of rotatable bonds is 1. The zero-order valence-electron chi connectivity index (χ0n) is 13.9. The number of carbonyl (C=O) groups excluding carboxylic acids is 1. The summed E-state index contributed by atoms with van der Waals surface area (Å²) in [6, 6.07) is 23.4. The average molecular weight is 329 g/mol. The fourth-order valence-electron chi connectivity index (χ4n) is 4.33. The molecule has 124 valence electrons. The molecule has 1 fully saturated rings. The number of amides is 1. The third kappa shape index (κ3) is 2.15. The minimum atomic E-state index is -0.397. The van der Waals surface area contributed by atoms with E-state index in [1.165, 1.54) is 21.9 Å². The van der Waals surface area contributed by atoms with E-state index in [-0.39, 0.29) is 6.09 Å². The van der Waals surface area contributed by atoms with Crippen LogP contribution >= 0.6 is 0 Å². The van der Waals surface area contributed by atoms with Crippen molar-refractivity contribution in [2.24, 2.45) is 0 Å². The second-order valence-corrected chi connectivity index (χ2v) is 7.00. The van der Waals surface area contributed by atoms with Gasteiger partial charge in [0.05, 0.1) is 0 Å². The van der Waals surface area contributed by atoms with Gasteiger partial charge in [-0.3, -0.25) is 4.90 Å². The van der Waals surface area contributed by atoms with Crippen molar-refractivity contribution in [3.05, 3.63) is 83.4 Å². The fourth-order valence-corrected chi connectivity index (χ4v) is 4.33. The average Bonchev–Trinajstić information content (AvgIpc) is 2.87. The van der Waals surface area contributed by atoms with E-state index >= 15 is 0 Å². The molecule has 25 heavy (non-hydrogen) atoms. The Kier molecular flexibility index (Phi) is 3.11. The van der Waals surface area contributed by atoms with Crippen LogP contribution in [0.5, 0.6) is 0 Å². The Hall–Kier alpha value is -2.81. The lowest BCUT2D eigenvalue weighted by molar-refractivity contribution is 0.152. The van der Waals surface area contributed by atoms with E-state index in [0.29, 0.717) is 13.2 Å². The molecule has 0 spiro atoms. The Morgan fingerprint density at radius 2 is 1.56 bits per heavy atom. The van der Waals surface area contributed by atoms with Crippen molar-refractivity contribution in [2.45, 2.75) is 18.4 Å². The van der Waals surface area contributed by atoms with E-state index in [2.05, 4.69) is 48.5 Å². The molecule has 3 heteroatoms. The number of hydrogen-bond acceptors (Lipinski definition) is 2. The lowest BCUT2D eigenvalue weighted by atomic mass is 9.83. The van der Waals surface area contributed by atoms with Gasteiger partial charge in [-0.05, 0) is 33.9 Å². The molecule has 0 saturated carbocycles. The van der Waals surface area contributed by atoms with Crippen molar-refractivity contribution in [1.82, 2.24) is 4.90 Å². The monoisotopic (exact) mass is 329 g/mol. The highest BCUT2D eigenvalue weighted by Crippen LogP contribution is 2.41. The molecule has 0 N–H and O–H groups in total. The first kappa shape index (κ1) is 14.5. The summed E-state index contributed by atoms with van der Waals surface area (Å²) in [5.41, 5.74) is 3.42. The topological polar surface area (TPSA) is 29.5 Å². The molecule has 1 amide bonds. The summed E-state index contributed by atoms with van der Waals surface area (Å²) < 4.78 is 5.50. The Bertz CT molecular complexity index is 966. The highest BCUT2D eigenvalue weighted by molar-refractivity contribution is 5.84. The van der Waals surface area contributed by atoms with Gasteiger partial charge in [-0.2, -0.15) is 0 Å². The standard InChI is InChI=1S/C22H19NO2/c24-21-23-11-10-18-12-16-6-4-5-7-17(16)13-19(18)14-22(23,15-25-21)20-8-2-1-3-9-20/h1-9,12-13H,10-11,14-15H2/t22-/m1/s1. The van der Waals surface area contributed by atoms with E-state index in [4.69, 9.17) is 4.74 Å². The highest BCUT2D eigenvalue weighted by atomic mass is 16.6. The molecule has 2 heterocycles. The summed E-state index contributed by atoms with van der Waals surface area (Å²) in [4.78, 5) is 14.4. The Labute approximate surface area is 146 Å². The second-order valence-electron chi connectivity index (χ2n) is 7.00. The Balaban J connectivity index is 1.70. The molecule has 5 rings (SSSR count). The van der Waals surface area contributed by atoms with E-state index < -0.39 is 5.54 Å². The maximum Gasteiger partial charge on any atom is 0.410 e. The van der Waals surface area contributed by atoms with Crippen molar-refractivity contribution in [1.29, 1.82) is 0 Å². The Morgan fingerprint density at radius 3 is 2.32 bits per heavy atom. The number of hydrogen-bond donors (Lipinski definition) is 0. The zero-order chi connectivity index (χ0) is 16.9. The SMILES string of the molecule is O=C1OC[C@@]2(c3ccccc3)Cc3cc4ccccc4cc3CCN12. The smallest absolute Gasteiger partial charge is 0.410 e. The lowest BCUT2D eigenvalue weighted by Crippen LogP contribution is -2.46. The first-order valence-corrected chi connectivity index (χ1v) is 8.77. The van der Waals surface area contributed by atoms with Crippen LogP contribution in [0.25, 0.3) is 10.8 Å². The lowest BCUT2D eigenvalue weighted by Gasteiger charge is -2.34. The molecular weight excluding hydrogens is 310 g/mol. The van der Waals surface area contributed by atoms with Crippen LogP contribution in [0.1, 0.15) is 16.7 Å². The Morgan fingerprint density at radius 1 is 0.880 bits per heavy atom. The van der Waals surface area contributed by atoms with Gasteiger partial charge in [0.25, 0.3) is 0 Å². The predicted octanol–water partition coefficient (Wildman–Crippen LogP) is 4.29. The van der Waals surface area contributed by atoms with Crippen LogP contribution in [-0.2, 0) is 23.1 Å². The van der Waals surface area contributed by atoms with Crippen LogP contribution in [0, 0.1) is 0 Å². The summed E-state index contributed by atoms with van der Waals surface area (Å²) in [6.45, 7) is 1.11. The van der Waals surface area contributed by atoms with Gasteiger partial charge in [-0.25, -0.2) is 4.79 Å². The van der Waals surface area contributed by atoms with Gasteiger partial charge in [0, 0.05) is 13.0 Å². The normalized spacial score (nSPS) is 22.2. The molecule has 0 aromatic heterocycles. The fraction of sp³-hybridized carbons (Fsp3) is 0.227. The number of cyclic esters (lactones) is 1. The van der Waals surface area contributed by atoms with E-state index in [0.717, 1.165) is 18.4 Å². The van der Waals surface area contributed by atoms with Gasteiger partial charge in [-0.1, -0.05) is 66.7 Å². The number of nitrogens with zero attached hydrogens (tertiary/aromatic N) is 1. The third-order valence-electron chi connectivity index (χ3n) is 5.64. The van der Waals surface area contributed by atoms with Gasteiger partial charge in [0.1, 0.15) is 12.1 Å². The first-order valence-electron chi connectivity index (χ1n) is 8.77. The molecule has 1 atom stereocenters. The number of fused-ring (bicyclic) bond motifs is 3. The number of benzene rings is 3. The van der Waals surface area contributed by atoms with Crippen LogP contribution in [0.15, 0.2) is 66.7 Å². The number of carbonyl (C=O) groups is 1. The first-order chi connectivity index (χ1) is 12.3. The van der Waals surface area contributed by atoms with Crippen molar-refractivity contribution in [3.8, 4) is 0 Å². The molecule has 2 aliphatic heterocycles. The van der Waals surface area contributed by atoms with Crippen molar-refractivity contribution >= 4 is 16.9 Å². The summed E-state index contributed by atoms with van der Waals surface area (Å²) in [6.07, 6.45) is 1.47. The molecule has 3 nitrogen and oxygen atoms in total. The van der Waals surface area contributed by atoms with E-state index in [1.54, 1.807) is 0 Å². The summed E-state index contributed by atoms with van der Waals surface area (Å²) in [5, 5.41) is 2.52. The quantitative estimate of drug-likeness (QED) is 0.667. The van der Waals surface area contributed by atoms with Crippen LogP contribution in [0.4, 0.5) is 4.79 Å².